The fraction of sp³-hybridized carbons (Fsp3) is 0.480. The van der Waals surface area contributed by atoms with Crippen LogP contribution in [0, 0.1) is 0 Å². The van der Waals surface area contributed by atoms with E-state index in [1.165, 1.54) is 0 Å². The number of nitrogens with zero attached hydrogens (tertiary/aromatic N) is 2. The van der Waals surface area contributed by atoms with Crippen molar-refractivity contribution >= 4 is 6.16 Å². The number of hydrogen-bond acceptors (Lipinski definition) is 7. The fourth-order valence-corrected chi connectivity index (χ4v) is 4.03. The van der Waals surface area contributed by atoms with Gasteiger partial charge in [0.05, 0.1) is 26.4 Å². The summed E-state index contributed by atoms with van der Waals surface area (Å²) in [5.41, 5.74) is 1.99. The van der Waals surface area contributed by atoms with Crippen molar-refractivity contribution < 1.29 is 23.7 Å². The van der Waals surface area contributed by atoms with Gasteiger partial charge in [0.2, 0.25) is 0 Å². The second-order valence-electron chi connectivity index (χ2n) is 8.08. The Labute approximate surface area is 189 Å². The molecule has 2 saturated heterocycles. The van der Waals surface area contributed by atoms with Gasteiger partial charge in [0, 0.05) is 39.3 Å². The second kappa shape index (κ2) is 12.0. The van der Waals surface area contributed by atoms with Crippen LogP contribution >= 0.6 is 0 Å². The second-order valence-corrected chi connectivity index (χ2v) is 8.08. The van der Waals surface area contributed by atoms with E-state index >= 15 is 0 Å². The average Bonchev–Trinajstić information content (AvgIpc) is 2.84. The van der Waals surface area contributed by atoms with Gasteiger partial charge >= 0.3 is 6.16 Å². The summed E-state index contributed by atoms with van der Waals surface area (Å²) >= 11 is 0. The highest BCUT2D eigenvalue weighted by atomic mass is 16.7. The van der Waals surface area contributed by atoms with Crippen molar-refractivity contribution in [3.63, 3.8) is 0 Å². The maximum Gasteiger partial charge on any atom is 0.519 e. The van der Waals surface area contributed by atoms with Crippen molar-refractivity contribution in [3.05, 3.63) is 59.7 Å². The van der Waals surface area contributed by atoms with Gasteiger partial charge in [-0.05, 0) is 36.1 Å². The topological polar surface area (TPSA) is 60.5 Å². The molecule has 0 radical (unpaired) electrons. The quantitative estimate of drug-likeness (QED) is 0.462. The summed E-state index contributed by atoms with van der Waals surface area (Å²) in [4.78, 5) is 17.3. The molecule has 0 bridgehead atoms. The molecule has 0 amide bonds. The molecule has 2 aliphatic rings. The fourth-order valence-electron chi connectivity index (χ4n) is 4.03. The number of carbonyl (C=O) groups excluding carboxylic acids is 1. The Morgan fingerprint density at radius 1 is 0.688 bits per heavy atom. The third-order valence-corrected chi connectivity index (χ3v) is 5.93. The summed E-state index contributed by atoms with van der Waals surface area (Å²) in [6.45, 7) is 8.65. The van der Waals surface area contributed by atoms with Gasteiger partial charge in [0.15, 0.2) is 0 Å². The molecule has 2 aromatic carbocycles. The number of ether oxygens (including phenoxy) is 4. The van der Waals surface area contributed by atoms with Crippen LogP contribution < -0.4 is 9.47 Å². The van der Waals surface area contributed by atoms with Gasteiger partial charge in [-0.3, -0.25) is 9.80 Å². The van der Waals surface area contributed by atoms with Gasteiger partial charge in [0.1, 0.15) is 11.5 Å². The molecule has 2 aromatic rings. The van der Waals surface area contributed by atoms with E-state index in [0.29, 0.717) is 11.5 Å². The predicted molar refractivity (Wildman–Crippen MR) is 121 cm³/mol. The SMILES string of the molecule is O=C(Oc1ccccc1CCN1CCOCC1)Oc1ccccc1CCN1CCOCC1. The lowest BCUT2D eigenvalue weighted by atomic mass is 10.1. The Hall–Kier alpha value is -2.45. The molecule has 2 fully saturated rings. The number of carbonyl (C=O) groups is 1. The first kappa shape index (κ1) is 22.7. The first-order valence-electron chi connectivity index (χ1n) is 11.4. The average molecular weight is 441 g/mol. The number of rotatable bonds is 8. The Balaban J connectivity index is 1.33. The molecule has 2 aliphatic heterocycles. The largest absolute Gasteiger partial charge is 0.519 e. The van der Waals surface area contributed by atoms with Crippen molar-refractivity contribution in [1.82, 2.24) is 9.80 Å². The van der Waals surface area contributed by atoms with Crippen LogP contribution in [0.25, 0.3) is 0 Å². The molecule has 0 N–H and O–H groups in total. The minimum absolute atomic E-state index is 0.552. The molecule has 0 saturated carbocycles. The number of hydrogen-bond donors (Lipinski definition) is 0. The molecule has 172 valence electrons. The van der Waals surface area contributed by atoms with Crippen LogP contribution in [0.15, 0.2) is 48.5 Å². The zero-order chi connectivity index (χ0) is 22.0. The lowest BCUT2D eigenvalue weighted by Gasteiger charge is -2.26. The minimum Gasteiger partial charge on any atom is -0.394 e. The molecule has 7 heteroatoms. The molecular formula is C25H32N2O5. The van der Waals surface area contributed by atoms with E-state index in [1.807, 2.05) is 48.5 Å². The molecule has 0 aliphatic carbocycles. The van der Waals surface area contributed by atoms with Crippen LogP contribution in [-0.4, -0.2) is 81.7 Å². The van der Waals surface area contributed by atoms with E-state index < -0.39 is 6.16 Å². The van der Waals surface area contributed by atoms with Gasteiger partial charge in [0.25, 0.3) is 0 Å². The highest BCUT2D eigenvalue weighted by molar-refractivity contribution is 5.68. The third kappa shape index (κ3) is 6.77. The van der Waals surface area contributed by atoms with Gasteiger partial charge in [-0.15, -0.1) is 0 Å². The van der Waals surface area contributed by atoms with Crippen molar-refractivity contribution in [2.75, 3.05) is 65.7 Å². The van der Waals surface area contributed by atoms with E-state index in [4.69, 9.17) is 18.9 Å². The summed E-state index contributed by atoms with van der Waals surface area (Å²) in [5, 5.41) is 0. The normalized spacial score (nSPS) is 17.8. The molecular weight excluding hydrogens is 408 g/mol. The maximum absolute atomic E-state index is 12.6. The number of morpholine rings is 2. The monoisotopic (exact) mass is 440 g/mol. The summed E-state index contributed by atoms with van der Waals surface area (Å²) in [6.07, 6.45) is 0.904. The summed E-state index contributed by atoms with van der Waals surface area (Å²) < 4.78 is 22.0. The van der Waals surface area contributed by atoms with Crippen molar-refractivity contribution in [3.8, 4) is 11.5 Å². The molecule has 0 aromatic heterocycles. The van der Waals surface area contributed by atoms with Gasteiger partial charge < -0.3 is 18.9 Å². The minimum atomic E-state index is -0.706. The van der Waals surface area contributed by atoms with Crippen LogP contribution in [0.5, 0.6) is 11.5 Å². The van der Waals surface area contributed by atoms with Crippen molar-refractivity contribution in [1.29, 1.82) is 0 Å². The third-order valence-electron chi connectivity index (χ3n) is 5.93. The van der Waals surface area contributed by atoms with Crippen LogP contribution in [0.4, 0.5) is 4.79 Å². The molecule has 0 unspecified atom stereocenters. The molecule has 0 spiro atoms. The Kier molecular flexibility index (Phi) is 8.50. The predicted octanol–water partition coefficient (Wildman–Crippen LogP) is 3.01. The molecule has 32 heavy (non-hydrogen) atoms. The van der Waals surface area contributed by atoms with Gasteiger partial charge in [-0.2, -0.15) is 0 Å². The molecule has 4 rings (SSSR count). The lowest BCUT2D eigenvalue weighted by molar-refractivity contribution is 0.0384. The maximum atomic E-state index is 12.6. The lowest BCUT2D eigenvalue weighted by Crippen LogP contribution is -2.37. The Morgan fingerprint density at radius 2 is 1.09 bits per heavy atom. The van der Waals surface area contributed by atoms with E-state index in [-0.39, 0.29) is 0 Å². The Morgan fingerprint density at radius 3 is 1.53 bits per heavy atom. The van der Waals surface area contributed by atoms with Crippen LogP contribution in [0.2, 0.25) is 0 Å². The smallest absolute Gasteiger partial charge is 0.394 e. The molecule has 0 atom stereocenters. The van der Waals surface area contributed by atoms with Crippen LogP contribution in [-0.2, 0) is 22.3 Å². The van der Waals surface area contributed by atoms with Crippen LogP contribution in [0.3, 0.4) is 0 Å². The zero-order valence-corrected chi connectivity index (χ0v) is 18.5. The van der Waals surface area contributed by atoms with Gasteiger partial charge in [-0.25, -0.2) is 4.79 Å². The molecule has 7 nitrogen and oxygen atoms in total. The van der Waals surface area contributed by atoms with E-state index in [9.17, 15) is 4.79 Å². The molecule has 2 heterocycles. The van der Waals surface area contributed by atoms with E-state index in [1.54, 1.807) is 0 Å². The standard InChI is InChI=1S/C25H32N2O5/c28-25(31-23-7-3-1-5-21(23)9-11-26-13-17-29-18-14-26)32-24-8-4-2-6-22(24)10-12-27-15-19-30-20-16-27/h1-8H,9-20H2. The van der Waals surface area contributed by atoms with Crippen molar-refractivity contribution in [2.45, 2.75) is 12.8 Å². The van der Waals surface area contributed by atoms with Crippen LogP contribution in [0.1, 0.15) is 11.1 Å². The number of benzene rings is 2. The van der Waals surface area contributed by atoms with Crippen molar-refractivity contribution in [2.24, 2.45) is 0 Å². The summed E-state index contributed by atoms with van der Waals surface area (Å²) in [7, 11) is 0. The first-order chi connectivity index (χ1) is 15.8. The zero-order valence-electron chi connectivity index (χ0n) is 18.5. The highest BCUT2D eigenvalue weighted by Crippen LogP contribution is 2.23. The first-order valence-corrected chi connectivity index (χ1v) is 11.4. The van der Waals surface area contributed by atoms with Gasteiger partial charge in [-0.1, -0.05) is 36.4 Å². The van der Waals surface area contributed by atoms with E-state index in [2.05, 4.69) is 9.80 Å². The van der Waals surface area contributed by atoms with E-state index in [0.717, 1.165) is 89.7 Å². The number of para-hydroxylation sites is 2. The summed E-state index contributed by atoms with van der Waals surface area (Å²) in [5.74, 6) is 1.10. The summed E-state index contributed by atoms with van der Waals surface area (Å²) in [6, 6.07) is 15.3. The highest BCUT2D eigenvalue weighted by Gasteiger charge is 2.16. The Bertz CT molecular complexity index is 793.